The molecular formula is C12H16IN3O2. The second-order valence-electron chi connectivity index (χ2n) is 4.62. The van der Waals surface area contributed by atoms with E-state index in [1.807, 2.05) is 22.6 Å². The van der Waals surface area contributed by atoms with Crippen molar-refractivity contribution in [1.82, 2.24) is 0 Å². The SMILES string of the molecule is N[C@@H]1CCCC[C@H]1Nc1ccc([N+](=O)[O-])c(I)c1. The van der Waals surface area contributed by atoms with E-state index in [9.17, 15) is 10.1 Å². The molecular weight excluding hydrogens is 345 g/mol. The summed E-state index contributed by atoms with van der Waals surface area (Å²) in [6, 6.07) is 5.54. The van der Waals surface area contributed by atoms with Crippen molar-refractivity contribution >= 4 is 34.0 Å². The van der Waals surface area contributed by atoms with Crippen LogP contribution in [0.1, 0.15) is 25.7 Å². The van der Waals surface area contributed by atoms with Gasteiger partial charge in [0, 0.05) is 23.8 Å². The average Bonchev–Trinajstić information content (AvgIpc) is 2.32. The Morgan fingerprint density at radius 2 is 2.11 bits per heavy atom. The molecule has 0 radical (unpaired) electrons. The maximum atomic E-state index is 10.7. The summed E-state index contributed by atoms with van der Waals surface area (Å²) in [7, 11) is 0. The van der Waals surface area contributed by atoms with Crippen molar-refractivity contribution < 1.29 is 4.92 Å². The van der Waals surface area contributed by atoms with Crippen molar-refractivity contribution in [2.75, 3.05) is 5.32 Å². The van der Waals surface area contributed by atoms with Crippen LogP contribution >= 0.6 is 22.6 Å². The van der Waals surface area contributed by atoms with E-state index in [4.69, 9.17) is 5.73 Å². The van der Waals surface area contributed by atoms with Gasteiger partial charge in [-0.3, -0.25) is 10.1 Å². The summed E-state index contributed by atoms with van der Waals surface area (Å²) < 4.78 is 0.645. The number of anilines is 1. The first kappa shape index (κ1) is 13.5. The molecule has 6 heteroatoms. The molecule has 0 aliphatic heterocycles. The van der Waals surface area contributed by atoms with Gasteiger partial charge in [0.2, 0.25) is 0 Å². The topological polar surface area (TPSA) is 81.2 Å². The molecule has 0 spiro atoms. The third-order valence-corrected chi connectivity index (χ3v) is 4.18. The third-order valence-electron chi connectivity index (χ3n) is 3.32. The Kier molecular flexibility index (Phi) is 4.39. The second kappa shape index (κ2) is 5.83. The van der Waals surface area contributed by atoms with Crippen LogP contribution in [0.15, 0.2) is 18.2 Å². The van der Waals surface area contributed by atoms with Crippen molar-refractivity contribution in [1.29, 1.82) is 0 Å². The molecule has 1 aliphatic rings. The molecule has 0 unspecified atom stereocenters. The van der Waals surface area contributed by atoms with Gasteiger partial charge >= 0.3 is 0 Å². The summed E-state index contributed by atoms with van der Waals surface area (Å²) in [5, 5.41) is 14.1. The minimum atomic E-state index is -0.363. The van der Waals surface area contributed by atoms with Crippen LogP contribution < -0.4 is 11.1 Å². The molecule has 1 aliphatic carbocycles. The molecule has 1 fully saturated rings. The van der Waals surface area contributed by atoms with Crippen LogP contribution in [0.5, 0.6) is 0 Å². The Bertz CT molecular complexity index is 453. The van der Waals surface area contributed by atoms with Crippen molar-refractivity contribution in [2.45, 2.75) is 37.8 Å². The molecule has 0 bridgehead atoms. The van der Waals surface area contributed by atoms with E-state index in [0.29, 0.717) is 3.57 Å². The summed E-state index contributed by atoms with van der Waals surface area (Å²) in [6.07, 6.45) is 4.49. The Morgan fingerprint density at radius 1 is 1.39 bits per heavy atom. The maximum Gasteiger partial charge on any atom is 0.282 e. The molecule has 98 valence electrons. The molecule has 1 saturated carbocycles. The summed E-state index contributed by atoms with van der Waals surface area (Å²) in [4.78, 5) is 10.4. The Labute approximate surface area is 119 Å². The summed E-state index contributed by atoms with van der Waals surface area (Å²) >= 11 is 1.99. The number of nitro groups is 1. The number of rotatable bonds is 3. The number of nitrogens with two attached hydrogens (primary N) is 1. The van der Waals surface area contributed by atoms with Crippen LogP contribution in [0.2, 0.25) is 0 Å². The fourth-order valence-corrected chi connectivity index (χ4v) is 3.01. The van der Waals surface area contributed by atoms with Gasteiger partial charge in [-0.2, -0.15) is 0 Å². The quantitative estimate of drug-likeness (QED) is 0.493. The van der Waals surface area contributed by atoms with Crippen LogP contribution in [0.4, 0.5) is 11.4 Å². The molecule has 0 heterocycles. The lowest BCUT2D eigenvalue weighted by Gasteiger charge is -2.30. The molecule has 3 N–H and O–H groups in total. The molecule has 2 rings (SSSR count). The summed E-state index contributed by atoms with van der Waals surface area (Å²) in [5.74, 6) is 0. The second-order valence-corrected chi connectivity index (χ2v) is 5.78. The average molecular weight is 361 g/mol. The molecule has 18 heavy (non-hydrogen) atoms. The molecule has 0 aromatic heterocycles. The lowest BCUT2D eigenvalue weighted by molar-refractivity contribution is -0.385. The molecule has 0 amide bonds. The van der Waals surface area contributed by atoms with Gasteiger partial charge in [-0.15, -0.1) is 0 Å². The van der Waals surface area contributed by atoms with Crippen molar-refractivity contribution in [3.05, 3.63) is 31.9 Å². The van der Waals surface area contributed by atoms with Crippen LogP contribution in [0.25, 0.3) is 0 Å². The lowest BCUT2D eigenvalue weighted by Crippen LogP contribution is -2.42. The van der Waals surface area contributed by atoms with Crippen LogP contribution in [-0.4, -0.2) is 17.0 Å². The zero-order valence-corrected chi connectivity index (χ0v) is 12.1. The molecule has 2 atom stereocenters. The predicted molar refractivity (Wildman–Crippen MR) is 79.7 cm³/mol. The van der Waals surface area contributed by atoms with Crippen molar-refractivity contribution in [3.8, 4) is 0 Å². The summed E-state index contributed by atoms with van der Waals surface area (Å²) in [6.45, 7) is 0. The Hall–Kier alpha value is -0.890. The van der Waals surface area contributed by atoms with Gasteiger partial charge in [-0.05, 0) is 47.6 Å². The highest BCUT2D eigenvalue weighted by Gasteiger charge is 2.22. The van der Waals surface area contributed by atoms with Gasteiger partial charge in [0.25, 0.3) is 5.69 Å². The smallest absolute Gasteiger partial charge is 0.282 e. The monoisotopic (exact) mass is 361 g/mol. The number of halogens is 1. The fraction of sp³-hybridized carbons (Fsp3) is 0.500. The third kappa shape index (κ3) is 3.11. The number of hydrogen-bond donors (Lipinski definition) is 2. The van der Waals surface area contributed by atoms with E-state index >= 15 is 0 Å². The minimum Gasteiger partial charge on any atom is -0.381 e. The van der Waals surface area contributed by atoms with Crippen LogP contribution in [0.3, 0.4) is 0 Å². The van der Waals surface area contributed by atoms with E-state index in [1.165, 1.54) is 12.8 Å². The standard InChI is InChI=1S/C12H16IN3O2/c13-9-7-8(5-6-12(9)16(17)18)15-11-4-2-1-3-10(11)14/h5-7,10-11,15H,1-4,14H2/t10-,11-/m1/s1. The highest BCUT2D eigenvalue weighted by atomic mass is 127. The van der Waals surface area contributed by atoms with Gasteiger partial charge < -0.3 is 11.1 Å². The van der Waals surface area contributed by atoms with E-state index in [1.54, 1.807) is 18.2 Å². The van der Waals surface area contributed by atoms with Gasteiger partial charge in [-0.1, -0.05) is 12.8 Å². The first-order valence-corrected chi connectivity index (χ1v) is 7.12. The van der Waals surface area contributed by atoms with Gasteiger partial charge in [-0.25, -0.2) is 0 Å². The van der Waals surface area contributed by atoms with Gasteiger partial charge in [0.05, 0.1) is 8.49 Å². The fourth-order valence-electron chi connectivity index (χ4n) is 2.30. The van der Waals surface area contributed by atoms with Gasteiger partial charge in [0.15, 0.2) is 0 Å². The van der Waals surface area contributed by atoms with Gasteiger partial charge in [0.1, 0.15) is 0 Å². The first-order chi connectivity index (χ1) is 8.58. The maximum absolute atomic E-state index is 10.7. The highest BCUT2D eigenvalue weighted by Crippen LogP contribution is 2.26. The normalized spacial score (nSPS) is 23.7. The Morgan fingerprint density at radius 3 is 2.72 bits per heavy atom. The van der Waals surface area contributed by atoms with Crippen LogP contribution in [0, 0.1) is 13.7 Å². The van der Waals surface area contributed by atoms with E-state index in [0.717, 1.165) is 18.5 Å². The largest absolute Gasteiger partial charge is 0.381 e. The van der Waals surface area contributed by atoms with E-state index < -0.39 is 0 Å². The molecule has 0 saturated heterocycles. The Balaban J connectivity index is 2.10. The first-order valence-electron chi connectivity index (χ1n) is 6.04. The van der Waals surface area contributed by atoms with Crippen molar-refractivity contribution in [2.24, 2.45) is 5.73 Å². The molecule has 1 aromatic carbocycles. The van der Waals surface area contributed by atoms with E-state index in [-0.39, 0.29) is 22.7 Å². The number of nitro benzene ring substituents is 1. The van der Waals surface area contributed by atoms with Crippen molar-refractivity contribution in [3.63, 3.8) is 0 Å². The minimum absolute atomic E-state index is 0.147. The molecule has 1 aromatic rings. The van der Waals surface area contributed by atoms with E-state index in [2.05, 4.69) is 5.32 Å². The predicted octanol–water partition coefficient (Wildman–Crippen LogP) is 2.88. The van der Waals surface area contributed by atoms with Crippen LogP contribution in [-0.2, 0) is 0 Å². The number of hydrogen-bond acceptors (Lipinski definition) is 4. The number of nitrogens with zero attached hydrogens (tertiary/aromatic N) is 1. The highest BCUT2D eigenvalue weighted by molar-refractivity contribution is 14.1. The zero-order valence-electron chi connectivity index (χ0n) is 9.93. The summed E-state index contributed by atoms with van der Waals surface area (Å²) in [5.41, 5.74) is 7.13. The molecule has 5 nitrogen and oxygen atoms in total. The number of nitrogens with one attached hydrogen (secondary N) is 1. The lowest BCUT2D eigenvalue weighted by atomic mass is 9.91. The zero-order chi connectivity index (χ0) is 13.1. The number of benzene rings is 1.